The molecule has 0 radical (unpaired) electrons. The molecule has 0 heterocycles. The average molecular weight is 284 g/mol. The Morgan fingerprint density at radius 2 is 1.81 bits per heavy atom. The van der Waals surface area contributed by atoms with Crippen LogP contribution in [0.4, 0.5) is 0 Å². The summed E-state index contributed by atoms with van der Waals surface area (Å²) in [5, 5.41) is 9.80. The van der Waals surface area contributed by atoms with E-state index >= 15 is 0 Å². The molecular weight excluding hydrogens is 260 g/mol. The molecule has 2 nitrogen and oxygen atoms in total. The largest absolute Gasteiger partial charge is 0.493 e. The van der Waals surface area contributed by atoms with Crippen molar-refractivity contribution in [2.45, 2.75) is 39.2 Å². The average Bonchev–Trinajstić information content (AvgIpc) is 2.49. The monoisotopic (exact) mass is 284 g/mol. The first-order valence-corrected chi connectivity index (χ1v) is 7.62. The third-order valence-electron chi connectivity index (χ3n) is 3.58. The molecule has 0 spiro atoms. The lowest BCUT2D eigenvalue weighted by Gasteiger charge is -2.14. The highest BCUT2D eigenvalue weighted by molar-refractivity contribution is 5.38. The Morgan fingerprint density at radius 3 is 2.52 bits per heavy atom. The maximum absolute atomic E-state index is 9.80. The van der Waals surface area contributed by atoms with Crippen LogP contribution in [-0.2, 0) is 6.42 Å². The first kappa shape index (κ1) is 15.6. The molecule has 0 aliphatic rings. The Hall–Kier alpha value is -1.80. The summed E-state index contributed by atoms with van der Waals surface area (Å²) in [4.78, 5) is 0. The van der Waals surface area contributed by atoms with Gasteiger partial charge in [-0.1, -0.05) is 42.0 Å². The molecule has 0 aromatic heterocycles. The van der Waals surface area contributed by atoms with Gasteiger partial charge in [0.15, 0.2) is 0 Å². The van der Waals surface area contributed by atoms with Gasteiger partial charge < -0.3 is 9.84 Å². The van der Waals surface area contributed by atoms with Crippen LogP contribution in [0.1, 0.15) is 42.6 Å². The highest BCUT2D eigenvalue weighted by Gasteiger charge is 2.09. The van der Waals surface area contributed by atoms with Gasteiger partial charge >= 0.3 is 0 Å². The van der Waals surface area contributed by atoms with Crippen LogP contribution in [0.3, 0.4) is 0 Å². The first-order chi connectivity index (χ1) is 10.2. The standard InChI is InChI=1S/C19H24O2/c1-15-11-12-19(18(14-15)16(2)20)21-13-7-6-10-17-8-4-3-5-9-17/h3-5,8-9,11-12,14,16,20H,6-7,10,13H2,1-2H3/t16-/m1/s1. The third kappa shape index (κ3) is 4.91. The quantitative estimate of drug-likeness (QED) is 0.761. The molecule has 0 aliphatic carbocycles. The Balaban J connectivity index is 1.78. The molecule has 0 saturated heterocycles. The number of rotatable bonds is 7. The first-order valence-electron chi connectivity index (χ1n) is 7.62. The van der Waals surface area contributed by atoms with Crippen molar-refractivity contribution in [3.05, 3.63) is 65.2 Å². The van der Waals surface area contributed by atoms with Crippen molar-refractivity contribution < 1.29 is 9.84 Å². The Morgan fingerprint density at radius 1 is 1.05 bits per heavy atom. The maximum atomic E-state index is 9.80. The van der Waals surface area contributed by atoms with Crippen molar-refractivity contribution >= 4 is 0 Å². The predicted octanol–water partition coefficient (Wildman–Crippen LogP) is 4.45. The molecule has 1 N–H and O–H groups in total. The van der Waals surface area contributed by atoms with Crippen molar-refractivity contribution in [2.75, 3.05) is 6.61 Å². The lowest BCUT2D eigenvalue weighted by Crippen LogP contribution is -2.03. The van der Waals surface area contributed by atoms with Gasteiger partial charge in [0.25, 0.3) is 0 Å². The van der Waals surface area contributed by atoms with Crippen LogP contribution in [0.15, 0.2) is 48.5 Å². The lowest BCUT2D eigenvalue weighted by molar-refractivity contribution is 0.190. The molecule has 0 saturated carbocycles. The van der Waals surface area contributed by atoms with E-state index in [9.17, 15) is 5.11 Å². The number of aliphatic hydroxyl groups is 1. The molecule has 2 aromatic carbocycles. The molecule has 0 fully saturated rings. The zero-order chi connectivity index (χ0) is 15.1. The summed E-state index contributed by atoms with van der Waals surface area (Å²) >= 11 is 0. The maximum Gasteiger partial charge on any atom is 0.125 e. The third-order valence-corrected chi connectivity index (χ3v) is 3.58. The van der Waals surface area contributed by atoms with Crippen LogP contribution in [0, 0.1) is 6.92 Å². The molecule has 112 valence electrons. The van der Waals surface area contributed by atoms with Gasteiger partial charge in [-0.3, -0.25) is 0 Å². The Labute approximate surface area is 127 Å². The number of unbranched alkanes of at least 4 members (excludes halogenated alkanes) is 1. The summed E-state index contributed by atoms with van der Waals surface area (Å²) in [5.41, 5.74) is 3.39. The van der Waals surface area contributed by atoms with Gasteiger partial charge in [0, 0.05) is 5.56 Å². The van der Waals surface area contributed by atoms with Gasteiger partial charge in [0.2, 0.25) is 0 Å². The van der Waals surface area contributed by atoms with E-state index in [1.165, 1.54) is 5.56 Å². The Bertz CT molecular complexity index is 547. The molecule has 1 atom stereocenters. The van der Waals surface area contributed by atoms with E-state index in [2.05, 4.69) is 24.3 Å². The number of hydrogen-bond donors (Lipinski definition) is 1. The van der Waals surface area contributed by atoms with Crippen LogP contribution in [0.25, 0.3) is 0 Å². The van der Waals surface area contributed by atoms with Crippen molar-refractivity contribution in [3.63, 3.8) is 0 Å². The minimum Gasteiger partial charge on any atom is -0.493 e. The van der Waals surface area contributed by atoms with E-state index in [-0.39, 0.29) is 0 Å². The minimum atomic E-state index is -0.496. The molecule has 21 heavy (non-hydrogen) atoms. The summed E-state index contributed by atoms with van der Waals surface area (Å²) in [6, 6.07) is 16.5. The molecule has 2 aromatic rings. The molecule has 0 aliphatic heterocycles. The predicted molar refractivity (Wildman–Crippen MR) is 86.7 cm³/mol. The van der Waals surface area contributed by atoms with E-state index < -0.39 is 6.10 Å². The van der Waals surface area contributed by atoms with Crippen LogP contribution < -0.4 is 4.74 Å². The molecule has 0 unspecified atom stereocenters. The normalized spacial score (nSPS) is 12.1. The number of aryl methyl sites for hydroxylation is 2. The van der Waals surface area contributed by atoms with Gasteiger partial charge in [-0.05, 0) is 50.8 Å². The summed E-state index contributed by atoms with van der Waals surface area (Å²) in [6.07, 6.45) is 2.72. The Kier molecular flexibility index (Phi) is 5.82. The van der Waals surface area contributed by atoms with Crippen LogP contribution in [-0.4, -0.2) is 11.7 Å². The number of benzene rings is 2. The molecule has 0 bridgehead atoms. The van der Waals surface area contributed by atoms with Gasteiger partial charge in [0.05, 0.1) is 12.7 Å². The SMILES string of the molecule is Cc1ccc(OCCCCc2ccccc2)c([C@@H](C)O)c1. The topological polar surface area (TPSA) is 29.5 Å². The van der Waals surface area contributed by atoms with E-state index in [1.807, 2.05) is 31.2 Å². The summed E-state index contributed by atoms with van der Waals surface area (Å²) < 4.78 is 5.83. The van der Waals surface area contributed by atoms with Crippen molar-refractivity contribution in [1.82, 2.24) is 0 Å². The summed E-state index contributed by atoms with van der Waals surface area (Å²) in [5.74, 6) is 0.801. The highest BCUT2D eigenvalue weighted by Crippen LogP contribution is 2.26. The molecule has 2 rings (SSSR count). The van der Waals surface area contributed by atoms with Crippen LogP contribution in [0.2, 0.25) is 0 Å². The zero-order valence-corrected chi connectivity index (χ0v) is 12.9. The molecule has 0 amide bonds. The number of ether oxygens (including phenoxy) is 1. The molecular formula is C19H24O2. The second-order valence-corrected chi connectivity index (χ2v) is 5.51. The van der Waals surface area contributed by atoms with E-state index in [0.29, 0.717) is 6.61 Å². The van der Waals surface area contributed by atoms with Crippen LogP contribution >= 0.6 is 0 Å². The molecule has 2 heteroatoms. The minimum absolute atomic E-state index is 0.496. The number of aliphatic hydroxyl groups excluding tert-OH is 1. The summed E-state index contributed by atoms with van der Waals surface area (Å²) in [6.45, 7) is 4.49. The fourth-order valence-electron chi connectivity index (χ4n) is 2.38. The second kappa shape index (κ2) is 7.84. The highest BCUT2D eigenvalue weighted by atomic mass is 16.5. The summed E-state index contributed by atoms with van der Waals surface area (Å²) in [7, 11) is 0. The van der Waals surface area contributed by atoms with Crippen LogP contribution in [0.5, 0.6) is 5.75 Å². The number of hydrogen-bond acceptors (Lipinski definition) is 2. The van der Waals surface area contributed by atoms with Gasteiger partial charge in [-0.2, -0.15) is 0 Å². The van der Waals surface area contributed by atoms with Crippen molar-refractivity contribution in [2.24, 2.45) is 0 Å². The second-order valence-electron chi connectivity index (χ2n) is 5.51. The van der Waals surface area contributed by atoms with Gasteiger partial charge in [-0.15, -0.1) is 0 Å². The van der Waals surface area contributed by atoms with Gasteiger partial charge in [-0.25, -0.2) is 0 Å². The fraction of sp³-hybridized carbons (Fsp3) is 0.368. The van der Waals surface area contributed by atoms with Gasteiger partial charge in [0.1, 0.15) is 5.75 Å². The fourth-order valence-corrected chi connectivity index (χ4v) is 2.38. The van der Waals surface area contributed by atoms with Crippen molar-refractivity contribution in [3.8, 4) is 5.75 Å². The van der Waals surface area contributed by atoms with Crippen molar-refractivity contribution in [1.29, 1.82) is 0 Å². The van der Waals surface area contributed by atoms with E-state index in [0.717, 1.165) is 36.1 Å². The lowest BCUT2D eigenvalue weighted by atomic mass is 10.1. The van der Waals surface area contributed by atoms with E-state index in [4.69, 9.17) is 4.74 Å². The van der Waals surface area contributed by atoms with E-state index in [1.54, 1.807) is 6.92 Å². The zero-order valence-electron chi connectivity index (χ0n) is 12.9. The smallest absolute Gasteiger partial charge is 0.125 e.